The average molecular weight is 280 g/mol. The van der Waals surface area contributed by atoms with Gasteiger partial charge in [0, 0.05) is 6.20 Å². The molecule has 0 spiro atoms. The van der Waals surface area contributed by atoms with Gasteiger partial charge < -0.3 is 0 Å². The molecular formula is C15H18F2N2O. The molecule has 0 fully saturated rings. The van der Waals surface area contributed by atoms with Crippen molar-refractivity contribution in [3.05, 3.63) is 52.9 Å². The third-order valence-electron chi connectivity index (χ3n) is 2.65. The van der Waals surface area contributed by atoms with Crippen LogP contribution in [-0.4, -0.2) is 15.6 Å². The molecule has 20 heavy (non-hydrogen) atoms. The highest BCUT2D eigenvalue weighted by atomic mass is 19.2. The average Bonchev–Trinajstić information content (AvgIpc) is 2.87. The second kappa shape index (κ2) is 6.93. The molecule has 0 unspecified atom stereocenters. The summed E-state index contributed by atoms with van der Waals surface area (Å²) in [6, 6.07) is 2.70. The topological polar surface area (TPSA) is 34.9 Å². The Morgan fingerprint density at radius 1 is 1.30 bits per heavy atom. The number of halogens is 2. The lowest BCUT2D eigenvalue weighted by atomic mass is 10.1. The lowest BCUT2D eigenvalue weighted by molar-refractivity contribution is 0.101. The van der Waals surface area contributed by atoms with E-state index in [-0.39, 0.29) is 11.3 Å². The number of aromatic nitrogens is 2. The first-order chi connectivity index (χ1) is 9.47. The fraction of sp³-hybridized carbons (Fsp3) is 0.333. The summed E-state index contributed by atoms with van der Waals surface area (Å²) < 4.78 is 27.9. The van der Waals surface area contributed by atoms with E-state index >= 15 is 0 Å². The minimum Gasteiger partial charge on any atom is -0.294 e. The molecule has 1 aromatic carbocycles. The monoisotopic (exact) mass is 280 g/mol. The largest absolute Gasteiger partial charge is 0.294 e. The number of hydrogen-bond donors (Lipinski definition) is 0. The van der Waals surface area contributed by atoms with Gasteiger partial charge in [-0.15, -0.1) is 0 Å². The highest BCUT2D eigenvalue weighted by Gasteiger charge is 2.09. The number of benzene rings is 1. The Hall–Kier alpha value is -2.04. The highest BCUT2D eigenvalue weighted by Crippen LogP contribution is 2.15. The number of aryl methyl sites for hydroxylation is 1. The van der Waals surface area contributed by atoms with Crippen molar-refractivity contribution in [1.82, 2.24) is 9.78 Å². The summed E-state index contributed by atoms with van der Waals surface area (Å²) in [6.07, 6.45) is 3.04. The maximum atomic E-state index is 13.2. The molecule has 0 N–H and O–H groups in total. The Labute approximate surface area is 117 Å². The molecule has 108 valence electrons. The lowest BCUT2D eigenvalue weighted by Gasteiger charge is -2.05. The van der Waals surface area contributed by atoms with Gasteiger partial charge in [0.25, 0.3) is 0 Å². The van der Waals surface area contributed by atoms with Crippen LogP contribution >= 0.6 is 0 Å². The highest BCUT2D eigenvalue weighted by molar-refractivity contribution is 5.93. The summed E-state index contributed by atoms with van der Waals surface area (Å²) >= 11 is 0. The molecule has 0 saturated carbocycles. The molecule has 0 aliphatic rings. The Morgan fingerprint density at radius 2 is 1.95 bits per heavy atom. The van der Waals surface area contributed by atoms with Gasteiger partial charge in [-0.2, -0.15) is 5.10 Å². The maximum Gasteiger partial charge on any atom is 0.162 e. The van der Waals surface area contributed by atoms with Crippen LogP contribution in [0.2, 0.25) is 0 Å². The van der Waals surface area contributed by atoms with Crippen molar-refractivity contribution >= 4 is 5.78 Å². The molecule has 0 atom stereocenters. The molecule has 3 nitrogen and oxygen atoms in total. The molecule has 0 aliphatic heterocycles. The molecule has 2 aromatic rings. The van der Waals surface area contributed by atoms with Gasteiger partial charge in [0.2, 0.25) is 0 Å². The molecule has 0 bridgehead atoms. The van der Waals surface area contributed by atoms with Gasteiger partial charge in [-0.05, 0) is 31.0 Å². The Balaban J connectivity index is 0.000000956. The second-order valence-electron chi connectivity index (χ2n) is 4.19. The van der Waals surface area contributed by atoms with Crippen LogP contribution in [0.25, 0.3) is 0 Å². The first-order valence-electron chi connectivity index (χ1n) is 6.45. The van der Waals surface area contributed by atoms with E-state index in [9.17, 15) is 13.6 Å². The van der Waals surface area contributed by atoms with Crippen molar-refractivity contribution in [3.8, 4) is 0 Å². The van der Waals surface area contributed by atoms with E-state index in [0.717, 1.165) is 6.07 Å². The van der Waals surface area contributed by atoms with E-state index in [2.05, 4.69) is 5.10 Å². The number of carbonyl (C=O) groups excluding carboxylic acids is 1. The number of ketones is 1. The fourth-order valence-corrected chi connectivity index (χ4v) is 1.71. The van der Waals surface area contributed by atoms with E-state index in [1.165, 1.54) is 24.7 Å². The van der Waals surface area contributed by atoms with E-state index in [4.69, 9.17) is 0 Å². The van der Waals surface area contributed by atoms with Gasteiger partial charge in [0.1, 0.15) is 0 Å². The van der Waals surface area contributed by atoms with Crippen molar-refractivity contribution in [2.24, 2.45) is 0 Å². The Kier molecular flexibility index (Phi) is 5.55. The van der Waals surface area contributed by atoms with Crippen molar-refractivity contribution in [2.45, 2.75) is 34.2 Å². The van der Waals surface area contributed by atoms with E-state index in [1.807, 2.05) is 13.8 Å². The quantitative estimate of drug-likeness (QED) is 0.803. The zero-order valence-corrected chi connectivity index (χ0v) is 12.1. The van der Waals surface area contributed by atoms with Gasteiger partial charge in [-0.25, -0.2) is 8.78 Å². The minimum absolute atomic E-state index is 0.0808. The summed E-state index contributed by atoms with van der Waals surface area (Å²) in [6.45, 7) is 7.25. The number of Topliss-reactive ketones (excluding diaryl/α,β-unsaturated/α-hetero) is 1. The summed E-state index contributed by atoms with van der Waals surface area (Å²) in [5.41, 5.74) is 1.35. The van der Waals surface area contributed by atoms with Crippen LogP contribution in [0, 0.1) is 18.6 Å². The van der Waals surface area contributed by atoms with Crippen LogP contribution < -0.4 is 0 Å². The molecular weight excluding hydrogens is 262 g/mol. The standard InChI is InChI=1S/C13H12F2N2O.C2H6/c1-8-3-10(4-12(14)13(8)15)6-17-7-11(5-16-17)9(2)18;1-2/h3-5,7H,6H2,1-2H3;1-2H3. The lowest BCUT2D eigenvalue weighted by Crippen LogP contribution is -2.02. The van der Waals surface area contributed by atoms with Crippen LogP contribution in [0.1, 0.15) is 42.3 Å². The van der Waals surface area contributed by atoms with Crippen molar-refractivity contribution in [2.75, 3.05) is 0 Å². The number of nitrogens with zero attached hydrogens (tertiary/aromatic N) is 2. The Bertz CT molecular complexity index is 583. The predicted molar refractivity (Wildman–Crippen MR) is 73.8 cm³/mol. The van der Waals surface area contributed by atoms with Crippen molar-refractivity contribution in [3.63, 3.8) is 0 Å². The smallest absolute Gasteiger partial charge is 0.162 e. The van der Waals surface area contributed by atoms with Gasteiger partial charge in [-0.3, -0.25) is 9.48 Å². The van der Waals surface area contributed by atoms with Gasteiger partial charge in [0.15, 0.2) is 17.4 Å². The molecule has 1 heterocycles. The minimum atomic E-state index is -0.871. The summed E-state index contributed by atoms with van der Waals surface area (Å²) in [4.78, 5) is 11.1. The normalized spacial score (nSPS) is 9.90. The third kappa shape index (κ3) is 3.73. The molecule has 0 aliphatic carbocycles. The number of rotatable bonds is 3. The van der Waals surface area contributed by atoms with Gasteiger partial charge in [-0.1, -0.05) is 19.9 Å². The summed E-state index contributed by atoms with van der Waals surface area (Å²) in [5.74, 6) is -1.78. The summed E-state index contributed by atoms with van der Waals surface area (Å²) in [5, 5.41) is 3.99. The van der Waals surface area contributed by atoms with Gasteiger partial charge in [0.05, 0.1) is 18.3 Å². The van der Waals surface area contributed by atoms with E-state index in [1.54, 1.807) is 12.3 Å². The third-order valence-corrected chi connectivity index (χ3v) is 2.65. The van der Waals surface area contributed by atoms with E-state index < -0.39 is 11.6 Å². The van der Waals surface area contributed by atoms with E-state index in [0.29, 0.717) is 17.7 Å². The fourth-order valence-electron chi connectivity index (χ4n) is 1.71. The van der Waals surface area contributed by atoms with Crippen LogP contribution in [0.5, 0.6) is 0 Å². The maximum absolute atomic E-state index is 13.2. The SMILES string of the molecule is CC.CC(=O)c1cnn(Cc2cc(C)c(F)c(F)c2)c1. The van der Waals surface area contributed by atoms with Crippen molar-refractivity contribution in [1.29, 1.82) is 0 Å². The zero-order chi connectivity index (χ0) is 15.3. The Morgan fingerprint density at radius 3 is 2.45 bits per heavy atom. The zero-order valence-electron chi connectivity index (χ0n) is 12.1. The van der Waals surface area contributed by atoms with Gasteiger partial charge >= 0.3 is 0 Å². The predicted octanol–water partition coefficient (Wildman–Crippen LogP) is 3.75. The summed E-state index contributed by atoms with van der Waals surface area (Å²) in [7, 11) is 0. The molecule has 0 amide bonds. The van der Waals surface area contributed by atoms with Crippen LogP contribution in [0.15, 0.2) is 24.5 Å². The molecule has 5 heteroatoms. The van der Waals surface area contributed by atoms with Crippen LogP contribution in [0.3, 0.4) is 0 Å². The molecule has 0 saturated heterocycles. The first-order valence-corrected chi connectivity index (χ1v) is 6.45. The van der Waals surface area contributed by atoms with Crippen LogP contribution in [-0.2, 0) is 6.54 Å². The number of hydrogen-bond acceptors (Lipinski definition) is 2. The second-order valence-corrected chi connectivity index (χ2v) is 4.19. The molecule has 2 rings (SSSR count). The van der Waals surface area contributed by atoms with Crippen molar-refractivity contribution < 1.29 is 13.6 Å². The number of carbonyl (C=O) groups is 1. The molecule has 1 aromatic heterocycles. The van der Waals surface area contributed by atoms with Crippen LogP contribution in [0.4, 0.5) is 8.78 Å². The molecule has 0 radical (unpaired) electrons. The first kappa shape index (κ1) is 16.0.